The topological polar surface area (TPSA) is 76.7 Å². The Hall–Kier alpha value is -2.67. The van der Waals surface area contributed by atoms with Gasteiger partial charge in [0.2, 0.25) is 5.91 Å². The number of nitrogens with one attached hydrogen (secondary N) is 2. The molecule has 2 aromatic rings. The Morgan fingerprint density at radius 2 is 1.75 bits per heavy atom. The second-order valence-corrected chi connectivity index (χ2v) is 7.06. The van der Waals surface area contributed by atoms with Crippen LogP contribution in [-0.2, 0) is 11.3 Å². The van der Waals surface area contributed by atoms with Gasteiger partial charge < -0.3 is 20.1 Å². The minimum Gasteiger partial charge on any atom is -0.497 e. The maximum absolute atomic E-state index is 12.7. The van der Waals surface area contributed by atoms with Crippen LogP contribution >= 0.6 is 11.8 Å². The molecule has 150 valence electrons. The van der Waals surface area contributed by atoms with Crippen molar-refractivity contribution >= 4 is 23.6 Å². The van der Waals surface area contributed by atoms with E-state index in [2.05, 4.69) is 10.6 Å². The molecule has 0 aliphatic carbocycles. The molecule has 2 amide bonds. The lowest BCUT2D eigenvalue weighted by Gasteiger charge is -2.19. The first-order valence-electron chi connectivity index (χ1n) is 8.92. The summed E-state index contributed by atoms with van der Waals surface area (Å²) in [5, 5.41) is 5.73. The molecular weight excluding hydrogens is 376 g/mol. The van der Waals surface area contributed by atoms with E-state index in [0.717, 1.165) is 17.1 Å². The highest BCUT2D eigenvalue weighted by atomic mass is 32.2. The summed E-state index contributed by atoms with van der Waals surface area (Å²) in [6, 6.07) is 13.8. The second kappa shape index (κ2) is 11.2. The van der Waals surface area contributed by atoms with Crippen molar-refractivity contribution in [2.75, 3.05) is 26.2 Å². The van der Waals surface area contributed by atoms with Crippen molar-refractivity contribution in [2.45, 2.75) is 19.0 Å². The molecule has 28 heavy (non-hydrogen) atoms. The van der Waals surface area contributed by atoms with Gasteiger partial charge in [-0.25, -0.2) is 0 Å². The molecule has 1 unspecified atom stereocenters. The first-order valence-corrected chi connectivity index (χ1v) is 10.3. The van der Waals surface area contributed by atoms with E-state index < -0.39 is 6.04 Å². The average Bonchev–Trinajstić information content (AvgIpc) is 2.75. The number of rotatable bonds is 10. The number of methoxy groups -OCH3 is 2. The van der Waals surface area contributed by atoms with Crippen LogP contribution in [0.15, 0.2) is 48.5 Å². The maximum Gasteiger partial charge on any atom is 0.255 e. The van der Waals surface area contributed by atoms with Gasteiger partial charge in [0.25, 0.3) is 5.91 Å². The molecule has 2 aromatic carbocycles. The van der Waals surface area contributed by atoms with Gasteiger partial charge in [0, 0.05) is 6.54 Å². The van der Waals surface area contributed by atoms with Gasteiger partial charge in [-0.15, -0.1) is 0 Å². The van der Waals surface area contributed by atoms with Crippen LogP contribution in [0.25, 0.3) is 0 Å². The maximum atomic E-state index is 12.7. The number of carbonyl (C=O) groups excluding carboxylic acids is 2. The summed E-state index contributed by atoms with van der Waals surface area (Å²) in [7, 11) is 3.12. The summed E-state index contributed by atoms with van der Waals surface area (Å²) in [5.41, 5.74) is 1.36. The van der Waals surface area contributed by atoms with Gasteiger partial charge >= 0.3 is 0 Å². The highest BCUT2D eigenvalue weighted by molar-refractivity contribution is 7.98. The fourth-order valence-electron chi connectivity index (χ4n) is 2.63. The van der Waals surface area contributed by atoms with Crippen molar-refractivity contribution in [1.82, 2.24) is 10.6 Å². The SMILES string of the molecule is COc1ccc(CNC(=O)C(CCSC)NC(=O)c2ccccc2OC)cc1. The fourth-order valence-corrected chi connectivity index (χ4v) is 3.10. The molecule has 7 heteroatoms. The number of para-hydroxylation sites is 1. The average molecular weight is 403 g/mol. The van der Waals surface area contributed by atoms with Crippen molar-refractivity contribution < 1.29 is 19.1 Å². The Morgan fingerprint density at radius 1 is 1.04 bits per heavy atom. The largest absolute Gasteiger partial charge is 0.497 e. The number of carbonyl (C=O) groups is 2. The van der Waals surface area contributed by atoms with Gasteiger partial charge in [-0.05, 0) is 48.3 Å². The van der Waals surface area contributed by atoms with Crippen LogP contribution in [-0.4, -0.2) is 44.1 Å². The van der Waals surface area contributed by atoms with Crippen molar-refractivity contribution in [2.24, 2.45) is 0 Å². The molecule has 2 rings (SSSR count). The Balaban J connectivity index is 2.02. The molecular formula is C21H26N2O4S. The predicted octanol–water partition coefficient (Wildman–Crippen LogP) is 2.87. The molecule has 0 aromatic heterocycles. The predicted molar refractivity (Wildman–Crippen MR) is 112 cm³/mol. The van der Waals surface area contributed by atoms with Gasteiger partial charge in [-0.2, -0.15) is 11.8 Å². The summed E-state index contributed by atoms with van der Waals surface area (Å²) in [5.74, 6) is 1.45. The van der Waals surface area contributed by atoms with Crippen LogP contribution in [0.2, 0.25) is 0 Å². The molecule has 0 radical (unpaired) electrons. The summed E-state index contributed by atoms with van der Waals surface area (Å²) in [6.07, 6.45) is 2.50. The second-order valence-electron chi connectivity index (χ2n) is 6.07. The number of hydrogen-bond acceptors (Lipinski definition) is 5. The van der Waals surface area contributed by atoms with Crippen LogP contribution in [0.5, 0.6) is 11.5 Å². The Labute approximate surface area is 170 Å². The van der Waals surface area contributed by atoms with Crippen LogP contribution < -0.4 is 20.1 Å². The minimum absolute atomic E-state index is 0.215. The lowest BCUT2D eigenvalue weighted by Crippen LogP contribution is -2.47. The van der Waals surface area contributed by atoms with Crippen molar-refractivity contribution in [1.29, 1.82) is 0 Å². The van der Waals surface area contributed by atoms with Crippen LogP contribution in [0.1, 0.15) is 22.3 Å². The number of ether oxygens (including phenoxy) is 2. The standard InChI is InChI=1S/C21H26N2O4S/c1-26-16-10-8-15(9-11-16)14-22-21(25)18(12-13-28-3)23-20(24)17-6-4-5-7-19(17)27-2/h4-11,18H,12-14H2,1-3H3,(H,22,25)(H,23,24). The van der Waals surface area contributed by atoms with E-state index in [4.69, 9.17) is 9.47 Å². The molecule has 0 saturated carbocycles. The van der Waals surface area contributed by atoms with Gasteiger partial charge in [0.15, 0.2) is 0 Å². The fraction of sp³-hybridized carbons (Fsp3) is 0.333. The Morgan fingerprint density at radius 3 is 2.39 bits per heavy atom. The van der Waals surface area contributed by atoms with Gasteiger partial charge in [0.05, 0.1) is 19.8 Å². The molecule has 0 saturated heterocycles. The van der Waals surface area contributed by atoms with Crippen molar-refractivity contribution in [3.63, 3.8) is 0 Å². The zero-order chi connectivity index (χ0) is 20.4. The van der Waals surface area contributed by atoms with Gasteiger partial charge in [-0.3, -0.25) is 9.59 Å². The zero-order valence-electron chi connectivity index (χ0n) is 16.4. The van der Waals surface area contributed by atoms with Crippen LogP contribution in [0.4, 0.5) is 0 Å². The number of thioether (sulfide) groups is 1. The molecule has 0 bridgehead atoms. The highest BCUT2D eigenvalue weighted by Crippen LogP contribution is 2.17. The summed E-state index contributed by atoms with van der Waals surface area (Å²) >= 11 is 1.63. The van der Waals surface area contributed by atoms with Crippen molar-refractivity contribution in [3.8, 4) is 11.5 Å². The Kier molecular flexibility index (Phi) is 8.68. The number of hydrogen-bond donors (Lipinski definition) is 2. The van der Waals surface area contributed by atoms with E-state index in [0.29, 0.717) is 24.3 Å². The highest BCUT2D eigenvalue weighted by Gasteiger charge is 2.22. The molecule has 6 nitrogen and oxygen atoms in total. The van der Waals surface area contributed by atoms with E-state index in [1.54, 1.807) is 43.1 Å². The number of benzene rings is 2. The third-order valence-corrected chi connectivity index (χ3v) is 4.85. The molecule has 0 fully saturated rings. The van der Waals surface area contributed by atoms with E-state index in [1.807, 2.05) is 30.5 Å². The van der Waals surface area contributed by atoms with Crippen molar-refractivity contribution in [3.05, 3.63) is 59.7 Å². The first-order chi connectivity index (χ1) is 13.6. The molecule has 0 heterocycles. The molecule has 2 N–H and O–H groups in total. The van der Waals surface area contributed by atoms with E-state index >= 15 is 0 Å². The lowest BCUT2D eigenvalue weighted by atomic mass is 10.1. The van der Waals surface area contributed by atoms with E-state index in [-0.39, 0.29) is 11.8 Å². The van der Waals surface area contributed by atoms with Gasteiger partial charge in [0.1, 0.15) is 17.5 Å². The molecule has 1 atom stereocenters. The first kappa shape index (κ1) is 21.6. The van der Waals surface area contributed by atoms with Crippen LogP contribution in [0.3, 0.4) is 0 Å². The monoisotopic (exact) mass is 402 g/mol. The van der Waals surface area contributed by atoms with Gasteiger partial charge in [-0.1, -0.05) is 24.3 Å². The zero-order valence-corrected chi connectivity index (χ0v) is 17.2. The van der Waals surface area contributed by atoms with Crippen LogP contribution in [0, 0.1) is 0 Å². The van der Waals surface area contributed by atoms with E-state index in [1.165, 1.54) is 7.11 Å². The summed E-state index contributed by atoms with van der Waals surface area (Å²) < 4.78 is 10.4. The smallest absolute Gasteiger partial charge is 0.255 e. The third-order valence-electron chi connectivity index (χ3n) is 4.21. The minimum atomic E-state index is -0.622. The number of amides is 2. The summed E-state index contributed by atoms with van der Waals surface area (Å²) in [6.45, 7) is 0.378. The molecule has 0 aliphatic rings. The Bertz CT molecular complexity index is 780. The third kappa shape index (κ3) is 6.20. The summed E-state index contributed by atoms with van der Waals surface area (Å²) in [4.78, 5) is 25.3. The molecule has 0 aliphatic heterocycles. The quantitative estimate of drug-likeness (QED) is 0.639. The lowest BCUT2D eigenvalue weighted by molar-refractivity contribution is -0.123. The normalized spacial score (nSPS) is 11.4. The molecule has 0 spiro atoms. The van der Waals surface area contributed by atoms with E-state index in [9.17, 15) is 9.59 Å².